The van der Waals surface area contributed by atoms with Gasteiger partial charge in [-0.2, -0.15) is 0 Å². The molecule has 0 radical (unpaired) electrons. The zero-order valence-electron chi connectivity index (χ0n) is 10.2. The molecular weight excluding hydrogens is 234 g/mol. The number of halogens is 1. The van der Waals surface area contributed by atoms with Crippen LogP contribution in [0.4, 0.5) is 0 Å². The second-order valence-corrected chi connectivity index (χ2v) is 5.15. The molecule has 0 bridgehead atoms. The molecule has 1 fully saturated rings. The summed E-state index contributed by atoms with van der Waals surface area (Å²) in [5.41, 5.74) is 1.29. The van der Waals surface area contributed by atoms with Gasteiger partial charge in [-0.1, -0.05) is 30.2 Å². The molecule has 1 aliphatic heterocycles. The minimum atomic E-state index is 0.186. The first-order valence-electron chi connectivity index (χ1n) is 6.18. The Morgan fingerprint density at radius 2 is 2.00 bits per heavy atom. The van der Waals surface area contributed by atoms with Crippen LogP contribution in [0.5, 0.6) is 0 Å². The van der Waals surface area contributed by atoms with Crippen LogP contribution in [0, 0.1) is 0 Å². The SMILES string of the molecule is CC(=O)N1CCCC[C@H](c2ccc(Cl)cc2)C1. The van der Waals surface area contributed by atoms with Gasteiger partial charge >= 0.3 is 0 Å². The van der Waals surface area contributed by atoms with E-state index in [0.29, 0.717) is 5.92 Å². The van der Waals surface area contributed by atoms with Crippen LogP contribution in [0.1, 0.15) is 37.7 Å². The van der Waals surface area contributed by atoms with Gasteiger partial charge in [0.2, 0.25) is 5.91 Å². The lowest BCUT2D eigenvalue weighted by Gasteiger charge is -2.23. The molecule has 0 unspecified atom stereocenters. The van der Waals surface area contributed by atoms with Gasteiger partial charge in [-0.3, -0.25) is 4.79 Å². The Kier molecular flexibility index (Phi) is 4.06. The maximum absolute atomic E-state index is 11.5. The summed E-state index contributed by atoms with van der Waals surface area (Å²) < 4.78 is 0. The summed E-state index contributed by atoms with van der Waals surface area (Å²) in [6, 6.07) is 8.02. The highest BCUT2D eigenvalue weighted by molar-refractivity contribution is 6.30. The third kappa shape index (κ3) is 3.22. The lowest BCUT2D eigenvalue weighted by Crippen LogP contribution is -2.32. The fourth-order valence-corrected chi connectivity index (χ4v) is 2.56. The number of hydrogen-bond acceptors (Lipinski definition) is 1. The number of carbonyl (C=O) groups excluding carboxylic acids is 1. The normalized spacial score (nSPS) is 21.1. The molecule has 0 saturated carbocycles. The molecule has 0 spiro atoms. The van der Waals surface area contributed by atoms with Crippen molar-refractivity contribution in [2.45, 2.75) is 32.1 Å². The zero-order valence-corrected chi connectivity index (χ0v) is 10.9. The lowest BCUT2D eigenvalue weighted by molar-refractivity contribution is -0.128. The highest BCUT2D eigenvalue weighted by Crippen LogP contribution is 2.27. The number of amides is 1. The van der Waals surface area contributed by atoms with Gasteiger partial charge in [-0.25, -0.2) is 0 Å². The van der Waals surface area contributed by atoms with Crippen LogP contribution < -0.4 is 0 Å². The van der Waals surface area contributed by atoms with Crippen LogP contribution >= 0.6 is 11.6 Å². The van der Waals surface area contributed by atoms with E-state index in [2.05, 4.69) is 12.1 Å². The molecule has 1 amide bonds. The van der Waals surface area contributed by atoms with Crippen molar-refractivity contribution in [3.63, 3.8) is 0 Å². The lowest BCUT2D eigenvalue weighted by atomic mass is 9.94. The average molecular weight is 252 g/mol. The van der Waals surface area contributed by atoms with E-state index in [0.717, 1.165) is 31.0 Å². The van der Waals surface area contributed by atoms with E-state index in [1.807, 2.05) is 17.0 Å². The maximum Gasteiger partial charge on any atom is 0.219 e. The third-order valence-corrected chi connectivity index (χ3v) is 3.71. The molecule has 92 valence electrons. The molecule has 1 heterocycles. The Labute approximate surface area is 108 Å². The second-order valence-electron chi connectivity index (χ2n) is 4.71. The predicted octanol–water partition coefficient (Wildman–Crippen LogP) is 3.46. The van der Waals surface area contributed by atoms with Gasteiger partial charge in [-0.15, -0.1) is 0 Å². The summed E-state index contributed by atoms with van der Waals surface area (Å²) in [5, 5.41) is 0.769. The van der Waals surface area contributed by atoms with Crippen molar-refractivity contribution >= 4 is 17.5 Å². The summed E-state index contributed by atoms with van der Waals surface area (Å²) in [6.07, 6.45) is 3.46. The molecule has 3 heteroatoms. The average Bonchev–Trinajstić information content (AvgIpc) is 2.55. The van der Waals surface area contributed by atoms with Crippen LogP contribution in [0.15, 0.2) is 24.3 Å². The Hall–Kier alpha value is -1.02. The summed E-state index contributed by atoms with van der Waals surface area (Å²) in [6.45, 7) is 3.40. The molecule has 0 aromatic heterocycles. The quantitative estimate of drug-likeness (QED) is 0.749. The molecule has 1 saturated heterocycles. The minimum Gasteiger partial charge on any atom is -0.342 e. The van der Waals surface area contributed by atoms with Gasteiger partial charge in [0.1, 0.15) is 0 Å². The number of rotatable bonds is 1. The van der Waals surface area contributed by atoms with Crippen LogP contribution in [-0.4, -0.2) is 23.9 Å². The van der Waals surface area contributed by atoms with Crippen molar-refractivity contribution in [1.29, 1.82) is 0 Å². The molecular formula is C14H18ClNO. The Morgan fingerprint density at radius 1 is 1.29 bits per heavy atom. The van der Waals surface area contributed by atoms with Crippen LogP contribution in [-0.2, 0) is 4.79 Å². The molecule has 0 aliphatic carbocycles. The van der Waals surface area contributed by atoms with Crippen molar-refractivity contribution in [1.82, 2.24) is 4.90 Å². The number of hydrogen-bond donors (Lipinski definition) is 0. The fourth-order valence-electron chi connectivity index (χ4n) is 2.44. The van der Waals surface area contributed by atoms with Crippen LogP contribution in [0.25, 0.3) is 0 Å². The van der Waals surface area contributed by atoms with Crippen molar-refractivity contribution in [3.8, 4) is 0 Å². The molecule has 1 aromatic carbocycles. The van der Waals surface area contributed by atoms with Gasteiger partial charge in [-0.05, 0) is 30.5 Å². The smallest absolute Gasteiger partial charge is 0.219 e. The van der Waals surface area contributed by atoms with E-state index in [1.54, 1.807) is 6.92 Å². The van der Waals surface area contributed by atoms with Gasteiger partial charge < -0.3 is 4.90 Å². The summed E-state index contributed by atoms with van der Waals surface area (Å²) >= 11 is 5.90. The van der Waals surface area contributed by atoms with Gasteiger partial charge in [0.05, 0.1) is 0 Å². The van der Waals surface area contributed by atoms with E-state index in [4.69, 9.17) is 11.6 Å². The highest BCUT2D eigenvalue weighted by atomic mass is 35.5. The third-order valence-electron chi connectivity index (χ3n) is 3.46. The molecule has 2 rings (SSSR count). The molecule has 17 heavy (non-hydrogen) atoms. The maximum atomic E-state index is 11.5. The number of nitrogens with zero attached hydrogens (tertiary/aromatic N) is 1. The number of likely N-dealkylation sites (tertiary alicyclic amines) is 1. The van der Waals surface area contributed by atoms with E-state index in [-0.39, 0.29) is 5.91 Å². The Balaban J connectivity index is 2.13. The molecule has 2 nitrogen and oxygen atoms in total. The van der Waals surface area contributed by atoms with Crippen molar-refractivity contribution in [2.24, 2.45) is 0 Å². The van der Waals surface area contributed by atoms with E-state index in [9.17, 15) is 4.79 Å². The molecule has 1 atom stereocenters. The largest absolute Gasteiger partial charge is 0.342 e. The number of benzene rings is 1. The molecule has 1 aliphatic rings. The van der Waals surface area contributed by atoms with Crippen molar-refractivity contribution < 1.29 is 4.79 Å². The minimum absolute atomic E-state index is 0.186. The summed E-state index contributed by atoms with van der Waals surface area (Å²) in [7, 11) is 0. The monoisotopic (exact) mass is 251 g/mol. The Bertz CT molecular complexity index is 388. The fraction of sp³-hybridized carbons (Fsp3) is 0.500. The van der Waals surface area contributed by atoms with Crippen LogP contribution in [0.2, 0.25) is 5.02 Å². The standard InChI is InChI=1S/C14H18ClNO/c1-11(17)16-9-3-2-4-13(10-16)12-5-7-14(15)8-6-12/h5-8,13H,2-4,9-10H2,1H3/t13-/m0/s1. The van der Waals surface area contributed by atoms with E-state index < -0.39 is 0 Å². The van der Waals surface area contributed by atoms with Crippen molar-refractivity contribution in [2.75, 3.05) is 13.1 Å². The first-order chi connectivity index (χ1) is 8.16. The highest BCUT2D eigenvalue weighted by Gasteiger charge is 2.20. The van der Waals surface area contributed by atoms with E-state index >= 15 is 0 Å². The van der Waals surface area contributed by atoms with Crippen LogP contribution in [0.3, 0.4) is 0 Å². The van der Waals surface area contributed by atoms with Gasteiger partial charge in [0.15, 0.2) is 0 Å². The predicted molar refractivity (Wildman–Crippen MR) is 70.3 cm³/mol. The Morgan fingerprint density at radius 3 is 2.65 bits per heavy atom. The second kappa shape index (κ2) is 5.54. The van der Waals surface area contributed by atoms with Gasteiger partial charge in [0.25, 0.3) is 0 Å². The summed E-state index contributed by atoms with van der Waals surface area (Å²) in [5.74, 6) is 0.643. The van der Waals surface area contributed by atoms with Gasteiger partial charge in [0, 0.05) is 31.0 Å². The summed E-state index contributed by atoms with van der Waals surface area (Å²) in [4.78, 5) is 13.5. The van der Waals surface area contributed by atoms with E-state index in [1.165, 1.54) is 12.0 Å². The van der Waals surface area contributed by atoms with Crippen molar-refractivity contribution in [3.05, 3.63) is 34.9 Å². The molecule has 1 aromatic rings. The topological polar surface area (TPSA) is 20.3 Å². The first-order valence-corrected chi connectivity index (χ1v) is 6.55. The molecule has 0 N–H and O–H groups in total. The number of carbonyl (C=O) groups is 1. The first kappa shape index (κ1) is 12.4. The zero-order chi connectivity index (χ0) is 12.3.